The molecule has 1 unspecified atom stereocenters. The first-order valence-electron chi connectivity index (χ1n) is 12.1. The van der Waals surface area contributed by atoms with Gasteiger partial charge in [-0.2, -0.15) is 5.10 Å². The number of halogens is 1. The Morgan fingerprint density at radius 1 is 0.895 bits per heavy atom. The van der Waals surface area contributed by atoms with E-state index < -0.39 is 5.97 Å². The second kappa shape index (κ2) is 11.0. The number of rotatable bonds is 8. The van der Waals surface area contributed by atoms with Gasteiger partial charge in [-0.1, -0.05) is 72.8 Å². The van der Waals surface area contributed by atoms with Gasteiger partial charge in [0.05, 0.1) is 24.8 Å². The van der Waals surface area contributed by atoms with Crippen LogP contribution in [0.4, 0.5) is 0 Å². The molecule has 0 aromatic heterocycles. The van der Waals surface area contributed by atoms with Gasteiger partial charge >= 0.3 is 5.97 Å². The monoisotopic (exact) mass is 568 g/mol. The summed E-state index contributed by atoms with van der Waals surface area (Å²) in [7, 11) is 1.49. The Hall–Kier alpha value is -4.23. The number of nitrogens with zero attached hydrogens (tertiary/aromatic N) is 1. The standard InChI is InChI=1S/C31H25BrN2O4/c1-37-28-18-21(16-17-27(28)38-30(36)24-14-8-9-15-26(24)32)20-33-34-29(35)25-19-31(25,22-10-4-2-5-11-22)23-12-6-3-7-13-23/h2-18,20,25H,19H2,1H3,(H,34,35)/b33-20+. The summed E-state index contributed by atoms with van der Waals surface area (Å²) in [5.74, 6) is -0.217. The Morgan fingerprint density at radius 3 is 2.16 bits per heavy atom. The van der Waals surface area contributed by atoms with Crippen molar-refractivity contribution in [2.45, 2.75) is 11.8 Å². The predicted molar refractivity (Wildman–Crippen MR) is 150 cm³/mol. The molecule has 1 fully saturated rings. The van der Waals surface area contributed by atoms with Gasteiger partial charge in [-0.3, -0.25) is 4.79 Å². The molecule has 0 saturated heterocycles. The quantitative estimate of drug-likeness (QED) is 0.120. The minimum Gasteiger partial charge on any atom is -0.493 e. The number of hydrogen-bond acceptors (Lipinski definition) is 5. The number of hydrogen-bond donors (Lipinski definition) is 1. The SMILES string of the molecule is COc1cc(/C=N/NC(=O)C2CC2(c2ccccc2)c2ccccc2)ccc1OC(=O)c1ccccc1Br. The summed E-state index contributed by atoms with van der Waals surface area (Å²) < 4.78 is 11.6. The van der Waals surface area contributed by atoms with Crippen LogP contribution >= 0.6 is 15.9 Å². The number of nitrogens with one attached hydrogen (secondary N) is 1. The average Bonchev–Trinajstić information content (AvgIpc) is 3.72. The zero-order chi connectivity index (χ0) is 26.5. The first-order chi connectivity index (χ1) is 18.5. The molecule has 7 heteroatoms. The molecule has 6 nitrogen and oxygen atoms in total. The van der Waals surface area contributed by atoms with Gasteiger partial charge in [0.25, 0.3) is 0 Å². The van der Waals surface area contributed by atoms with E-state index in [1.807, 2.05) is 42.5 Å². The van der Waals surface area contributed by atoms with E-state index in [1.54, 1.807) is 36.4 Å². The number of amides is 1. The minimum absolute atomic E-state index is 0.139. The molecule has 0 radical (unpaired) electrons. The molecule has 0 heterocycles. The molecule has 0 aliphatic heterocycles. The summed E-state index contributed by atoms with van der Waals surface area (Å²) in [6.07, 6.45) is 2.25. The molecule has 1 aliphatic carbocycles. The van der Waals surface area contributed by atoms with Crippen LogP contribution in [-0.4, -0.2) is 25.2 Å². The first kappa shape index (κ1) is 25.4. The van der Waals surface area contributed by atoms with Gasteiger partial charge < -0.3 is 9.47 Å². The molecular formula is C31H25BrN2O4. The number of hydrazone groups is 1. The molecule has 190 valence electrons. The summed E-state index contributed by atoms with van der Waals surface area (Å²) in [6, 6.07) is 32.3. The molecule has 1 atom stereocenters. The number of carbonyl (C=O) groups is 2. The molecule has 1 aliphatic rings. The third-order valence-corrected chi connectivity index (χ3v) is 7.42. The van der Waals surface area contributed by atoms with Crippen LogP contribution < -0.4 is 14.9 Å². The molecule has 1 saturated carbocycles. The highest BCUT2D eigenvalue weighted by Crippen LogP contribution is 2.58. The second-order valence-corrected chi connectivity index (χ2v) is 9.83. The average molecular weight is 569 g/mol. The number of ether oxygens (including phenoxy) is 2. The van der Waals surface area contributed by atoms with Crippen molar-refractivity contribution >= 4 is 34.0 Å². The van der Waals surface area contributed by atoms with Crippen molar-refractivity contribution in [3.05, 3.63) is 130 Å². The van der Waals surface area contributed by atoms with Gasteiger partial charge in [0.15, 0.2) is 11.5 Å². The van der Waals surface area contributed by atoms with Crippen molar-refractivity contribution in [1.29, 1.82) is 0 Å². The number of esters is 1. The zero-order valence-corrected chi connectivity index (χ0v) is 22.2. The lowest BCUT2D eigenvalue weighted by molar-refractivity contribution is -0.122. The van der Waals surface area contributed by atoms with E-state index in [2.05, 4.69) is 50.7 Å². The third-order valence-electron chi connectivity index (χ3n) is 6.73. The van der Waals surface area contributed by atoms with Crippen molar-refractivity contribution in [3.8, 4) is 11.5 Å². The summed E-state index contributed by atoms with van der Waals surface area (Å²) in [4.78, 5) is 25.7. The highest BCUT2D eigenvalue weighted by molar-refractivity contribution is 9.10. The van der Waals surface area contributed by atoms with Crippen LogP contribution in [0.25, 0.3) is 0 Å². The highest BCUT2D eigenvalue weighted by Gasteiger charge is 2.60. The van der Waals surface area contributed by atoms with Crippen LogP contribution in [0.2, 0.25) is 0 Å². The van der Waals surface area contributed by atoms with Gasteiger partial charge in [0.2, 0.25) is 5.91 Å². The van der Waals surface area contributed by atoms with Crippen LogP contribution in [0, 0.1) is 5.92 Å². The van der Waals surface area contributed by atoms with Crippen molar-refractivity contribution < 1.29 is 19.1 Å². The fourth-order valence-electron chi connectivity index (χ4n) is 4.73. The maximum absolute atomic E-state index is 13.1. The zero-order valence-electron chi connectivity index (χ0n) is 20.6. The van der Waals surface area contributed by atoms with Crippen molar-refractivity contribution in [2.24, 2.45) is 11.0 Å². The van der Waals surface area contributed by atoms with Crippen LogP contribution in [-0.2, 0) is 10.2 Å². The number of carbonyl (C=O) groups excluding carboxylic acids is 2. The van der Waals surface area contributed by atoms with Gasteiger partial charge in [-0.15, -0.1) is 0 Å². The van der Waals surface area contributed by atoms with Gasteiger partial charge in [-0.05, 0) is 69.4 Å². The molecule has 0 bridgehead atoms. The normalized spacial score (nSPS) is 15.6. The summed E-state index contributed by atoms with van der Waals surface area (Å²) in [5.41, 5.74) is 5.66. The van der Waals surface area contributed by atoms with Crippen molar-refractivity contribution in [3.63, 3.8) is 0 Å². The van der Waals surface area contributed by atoms with Crippen LogP contribution in [0.5, 0.6) is 11.5 Å². The smallest absolute Gasteiger partial charge is 0.344 e. The maximum Gasteiger partial charge on any atom is 0.344 e. The van der Waals surface area contributed by atoms with E-state index in [-0.39, 0.29) is 23.0 Å². The lowest BCUT2D eigenvalue weighted by atomic mass is 9.85. The van der Waals surface area contributed by atoms with Gasteiger partial charge in [0, 0.05) is 9.89 Å². The van der Waals surface area contributed by atoms with E-state index in [9.17, 15) is 9.59 Å². The van der Waals surface area contributed by atoms with Crippen LogP contribution in [0.3, 0.4) is 0 Å². The maximum atomic E-state index is 13.1. The number of methoxy groups -OCH3 is 1. The molecule has 1 N–H and O–H groups in total. The minimum atomic E-state index is -0.505. The first-order valence-corrected chi connectivity index (χ1v) is 12.9. The summed E-state index contributed by atoms with van der Waals surface area (Å²) in [6.45, 7) is 0. The van der Waals surface area contributed by atoms with E-state index in [1.165, 1.54) is 13.3 Å². The number of benzene rings is 4. The second-order valence-electron chi connectivity index (χ2n) is 8.97. The van der Waals surface area contributed by atoms with Gasteiger partial charge in [0.1, 0.15) is 0 Å². The Bertz CT molecular complexity index is 1450. The van der Waals surface area contributed by atoms with E-state index >= 15 is 0 Å². The molecular weight excluding hydrogens is 544 g/mol. The summed E-state index contributed by atoms with van der Waals surface area (Å²) >= 11 is 3.36. The Balaban J connectivity index is 1.27. The predicted octanol–water partition coefficient (Wildman–Crippen LogP) is 6.13. The molecule has 1 amide bonds. The highest BCUT2D eigenvalue weighted by atomic mass is 79.9. The van der Waals surface area contributed by atoms with E-state index in [0.29, 0.717) is 27.8 Å². The van der Waals surface area contributed by atoms with Crippen molar-refractivity contribution in [1.82, 2.24) is 5.43 Å². The molecule has 38 heavy (non-hydrogen) atoms. The van der Waals surface area contributed by atoms with Crippen LogP contribution in [0.1, 0.15) is 33.5 Å². The third kappa shape index (κ3) is 5.10. The largest absolute Gasteiger partial charge is 0.493 e. The molecule has 5 rings (SSSR count). The fourth-order valence-corrected chi connectivity index (χ4v) is 5.18. The lowest BCUT2D eigenvalue weighted by Gasteiger charge is -2.18. The molecule has 4 aromatic carbocycles. The van der Waals surface area contributed by atoms with Crippen LogP contribution in [0.15, 0.2) is 113 Å². The van der Waals surface area contributed by atoms with Crippen molar-refractivity contribution in [2.75, 3.05) is 7.11 Å². The molecule has 0 spiro atoms. The fraction of sp³-hybridized carbons (Fsp3) is 0.129. The molecule has 4 aromatic rings. The Kier molecular flexibility index (Phi) is 7.38. The summed E-state index contributed by atoms with van der Waals surface area (Å²) in [5, 5.41) is 4.19. The lowest BCUT2D eigenvalue weighted by Crippen LogP contribution is -2.25. The van der Waals surface area contributed by atoms with E-state index in [4.69, 9.17) is 9.47 Å². The Labute approximate surface area is 229 Å². The van der Waals surface area contributed by atoms with E-state index in [0.717, 1.165) is 11.1 Å². The Morgan fingerprint density at radius 2 is 1.53 bits per heavy atom. The topological polar surface area (TPSA) is 77.0 Å². The van der Waals surface area contributed by atoms with Gasteiger partial charge in [-0.25, -0.2) is 10.2 Å².